The van der Waals surface area contributed by atoms with Crippen molar-refractivity contribution in [1.82, 2.24) is 0 Å². The predicted molar refractivity (Wildman–Crippen MR) is 102 cm³/mol. The Bertz CT molecular complexity index is 869. The SMILES string of the molecule is Cc1c(CC(C)C(=O)OC(=O)COc2ccccc2)cc2cccsc1-2. The van der Waals surface area contributed by atoms with Crippen LogP contribution in [-0.4, -0.2) is 18.5 Å². The summed E-state index contributed by atoms with van der Waals surface area (Å²) in [6, 6.07) is 15.1. The van der Waals surface area contributed by atoms with Gasteiger partial charge in [-0.25, -0.2) is 4.79 Å². The molecule has 5 heteroatoms. The molecule has 3 rings (SSSR count). The molecule has 26 heavy (non-hydrogen) atoms. The second-order valence-corrected chi connectivity index (χ2v) is 7.11. The van der Waals surface area contributed by atoms with Gasteiger partial charge >= 0.3 is 11.9 Å². The fourth-order valence-electron chi connectivity index (χ4n) is 2.78. The number of rotatable bonds is 6. The first-order valence-corrected chi connectivity index (χ1v) is 9.30. The maximum absolute atomic E-state index is 12.2. The summed E-state index contributed by atoms with van der Waals surface area (Å²) in [4.78, 5) is 25.3. The van der Waals surface area contributed by atoms with Gasteiger partial charge in [-0.3, -0.25) is 4.79 Å². The Hall–Kier alpha value is -2.66. The molecule has 0 amide bonds. The van der Waals surface area contributed by atoms with Crippen LogP contribution in [0.4, 0.5) is 0 Å². The zero-order valence-electron chi connectivity index (χ0n) is 14.7. The highest BCUT2D eigenvalue weighted by Gasteiger charge is 2.22. The van der Waals surface area contributed by atoms with Gasteiger partial charge in [-0.05, 0) is 53.6 Å². The molecular weight excluding hydrogens is 348 g/mol. The number of ether oxygens (including phenoxy) is 2. The van der Waals surface area contributed by atoms with Crippen molar-refractivity contribution in [3.63, 3.8) is 0 Å². The fraction of sp³-hybridized carbons (Fsp3) is 0.238. The van der Waals surface area contributed by atoms with Gasteiger partial charge in [-0.1, -0.05) is 37.3 Å². The molecule has 0 saturated heterocycles. The van der Waals surface area contributed by atoms with Crippen molar-refractivity contribution in [1.29, 1.82) is 0 Å². The van der Waals surface area contributed by atoms with Crippen LogP contribution in [0.2, 0.25) is 0 Å². The highest BCUT2D eigenvalue weighted by molar-refractivity contribution is 7.13. The quantitative estimate of drug-likeness (QED) is 0.475. The number of esters is 2. The van der Waals surface area contributed by atoms with Crippen molar-refractivity contribution in [3.05, 3.63) is 65.0 Å². The van der Waals surface area contributed by atoms with Gasteiger partial charge in [0.25, 0.3) is 0 Å². The van der Waals surface area contributed by atoms with Crippen LogP contribution < -0.4 is 4.74 Å². The largest absolute Gasteiger partial charge is 0.482 e. The molecule has 0 radical (unpaired) electrons. The van der Waals surface area contributed by atoms with Crippen molar-refractivity contribution in [2.24, 2.45) is 5.92 Å². The number of benzene rings is 1. The Morgan fingerprint density at radius 2 is 1.88 bits per heavy atom. The standard InChI is InChI=1S/C21H20O4S/c1-14(11-17-12-16-7-6-10-26-20(16)15(17)2)21(23)25-19(22)13-24-18-8-4-3-5-9-18/h3-10,12,14H,11,13H2,1-2H3. The summed E-state index contributed by atoms with van der Waals surface area (Å²) in [6.45, 7) is 3.54. The molecule has 134 valence electrons. The number of fused-ring (bicyclic) bond motifs is 1. The van der Waals surface area contributed by atoms with E-state index in [9.17, 15) is 9.59 Å². The van der Waals surface area contributed by atoms with Crippen molar-refractivity contribution in [3.8, 4) is 16.2 Å². The molecule has 1 heterocycles. The van der Waals surface area contributed by atoms with E-state index in [1.807, 2.05) is 17.5 Å². The lowest BCUT2D eigenvalue weighted by atomic mass is 10.0. The van der Waals surface area contributed by atoms with E-state index < -0.39 is 17.9 Å². The van der Waals surface area contributed by atoms with Gasteiger partial charge in [0.15, 0.2) is 6.61 Å². The number of carbonyl (C=O) groups excluding carboxylic acids is 2. The minimum Gasteiger partial charge on any atom is -0.482 e. The molecule has 0 saturated carbocycles. The predicted octanol–water partition coefficient (Wildman–Crippen LogP) is 4.49. The molecule has 4 nitrogen and oxygen atoms in total. The maximum Gasteiger partial charge on any atom is 0.351 e. The summed E-state index contributed by atoms with van der Waals surface area (Å²) in [5, 5.41) is 2.04. The Balaban J connectivity index is 1.55. The molecule has 0 aromatic heterocycles. The van der Waals surface area contributed by atoms with Gasteiger partial charge in [-0.2, -0.15) is 0 Å². The molecule has 1 aromatic rings. The summed E-state index contributed by atoms with van der Waals surface area (Å²) in [7, 11) is 0. The van der Waals surface area contributed by atoms with E-state index in [1.165, 1.54) is 16.0 Å². The van der Waals surface area contributed by atoms with Gasteiger partial charge in [0.1, 0.15) is 5.75 Å². The molecule has 1 unspecified atom stereocenters. The molecule has 0 bridgehead atoms. The van der Waals surface area contributed by atoms with Crippen molar-refractivity contribution >= 4 is 23.3 Å². The Morgan fingerprint density at radius 1 is 1.12 bits per heavy atom. The second-order valence-electron chi connectivity index (χ2n) is 6.19. The van der Waals surface area contributed by atoms with Crippen LogP contribution in [0.5, 0.6) is 5.75 Å². The van der Waals surface area contributed by atoms with Crippen LogP contribution in [-0.2, 0) is 20.7 Å². The smallest absolute Gasteiger partial charge is 0.351 e. The first-order chi connectivity index (χ1) is 12.5. The first-order valence-electron chi connectivity index (χ1n) is 8.42. The molecule has 2 aliphatic rings. The summed E-state index contributed by atoms with van der Waals surface area (Å²) in [6.07, 6.45) is 0.541. The fourth-order valence-corrected chi connectivity index (χ4v) is 3.64. The third-order valence-corrected chi connectivity index (χ3v) is 5.27. The summed E-state index contributed by atoms with van der Waals surface area (Å²) >= 11 is 1.69. The van der Waals surface area contributed by atoms with Crippen molar-refractivity contribution < 1.29 is 19.1 Å². The minimum absolute atomic E-state index is 0.288. The van der Waals surface area contributed by atoms with Crippen LogP contribution >= 0.6 is 11.3 Å². The van der Waals surface area contributed by atoms with Crippen LogP contribution in [0, 0.1) is 12.8 Å². The van der Waals surface area contributed by atoms with Crippen LogP contribution in [0.15, 0.2) is 53.9 Å². The van der Waals surface area contributed by atoms with Crippen LogP contribution in [0.1, 0.15) is 18.1 Å². The highest BCUT2D eigenvalue weighted by Crippen LogP contribution is 2.35. The van der Waals surface area contributed by atoms with E-state index in [4.69, 9.17) is 9.47 Å². The highest BCUT2D eigenvalue weighted by atomic mass is 32.1. The van der Waals surface area contributed by atoms with E-state index in [0.29, 0.717) is 12.2 Å². The average Bonchev–Trinajstić information content (AvgIpc) is 2.97. The van der Waals surface area contributed by atoms with Gasteiger partial charge in [-0.15, -0.1) is 11.3 Å². The molecular formula is C21H20O4S. The number of para-hydroxylation sites is 1. The first kappa shape index (κ1) is 18.1. The molecule has 1 aromatic carbocycles. The number of hydrogen-bond acceptors (Lipinski definition) is 5. The second kappa shape index (κ2) is 8.15. The monoisotopic (exact) mass is 368 g/mol. The van der Waals surface area contributed by atoms with Gasteiger partial charge in [0.05, 0.1) is 5.92 Å². The van der Waals surface area contributed by atoms with E-state index >= 15 is 0 Å². The topological polar surface area (TPSA) is 52.6 Å². The minimum atomic E-state index is -0.683. The van der Waals surface area contributed by atoms with Crippen molar-refractivity contribution in [2.75, 3.05) is 6.61 Å². The third-order valence-electron chi connectivity index (χ3n) is 4.20. The van der Waals surface area contributed by atoms with E-state index in [2.05, 4.69) is 19.1 Å². The molecule has 1 aliphatic carbocycles. The lowest BCUT2D eigenvalue weighted by Gasteiger charge is -2.11. The lowest BCUT2D eigenvalue weighted by Crippen LogP contribution is -2.24. The van der Waals surface area contributed by atoms with E-state index in [0.717, 1.165) is 5.56 Å². The summed E-state index contributed by atoms with van der Waals surface area (Å²) in [5.74, 6) is -1.06. The zero-order valence-corrected chi connectivity index (χ0v) is 15.5. The third kappa shape index (κ3) is 4.29. The maximum atomic E-state index is 12.2. The molecule has 1 atom stereocenters. The number of carbonyl (C=O) groups is 2. The summed E-state index contributed by atoms with van der Waals surface area (Å²) in [5.41, 5.74) is 3.47. The van der Waals surface area contributed by atoms with Crippen LogP contribution in [0.25, 0.3) is 10.4 Å². The van der Waals surface area contributed by atoms with E-state index in [1.54, 1.807) is 42.5 Å². The van der Waals surface area contributed by atoms with Crippen LogP contribution in [0.3, 0.4) is 0 Å². The lowest BCUT2D eigenvalue weighted by molar-refractivity contribution is -0.163. The average molecular weight is 368 g/mol. The van der Waals surface area contributed by atoms with E-state index in [-0.39, 0.29) is 6.61 Å². The molecule has 0 N–H and O–H groups in total. The molecule has 1 aliphatic heterocycles. The Kier molecular flexibility index (Phi) is 5.68. The Morgan fingerprint density at radius 3 is 2.62 bits per heavy atom. The molecule has 0 fully saturated rings. The normalized spacial score (nSPS) is 11.9. The van der Waals surface area contributed by atoms with Gasteiger partial charge in [0, 0.05) is 4.88 Å². The van der Waals surface area contributed by atoms with Gasteiger partial charge < -0.3 is 9.47 Å². The number of hydrogen-bond donors (Lipinski definition) is 0. The zero-order chi connectivity index (χ0) is 18.5. The molecule has 0 spiro atoms. The summed E-state index contributed by atoms with van der Waals surface area (Å²) < 4.78 is 10.2. The Labute approximate surface area is 156 Å². The van der Waals surface area contributed by atoms with Crippen molar-refractivity contribution in [2.45, 2.75) is 20.3 Å². The van der Waals surface area contributed by atoms with Gasteiger partial charge in [0.2, 0.25) is 0 Å².